The first kappa shape index (κ1) is 15.3. The van der Waals surface area contributed by atoms with Crippen molar-refractivity contribution in [2.75, 3.05) is 5.32 Å². The van der Waals surface area contributed by atoms with Crippen molar-refractivity contribution < 1.29 is 0 Å². The molecule has 1 aliphatic rings. The Kier molecular flexibility index (Phi) is 4.07. The average Bonchev–Trinajstić information content (AvgIpc) is 3.10. The maximum Gasteiger partial charge on any atom is 0.156 e. The summed E-state index contributed by atoms with van der Waals surface area (Å²) in [5.41, 5.74) is 2.88. The zero-order valence-corrected chi connectivity index (χ0v) is 14.3. The second kappa shape index (κ2) is 6.36. The Bertz CT molecular complexity index is 873. The minimum Gasteiger partial charge on any atom is -0.365 e. The molecule has 0 amide bonds. The number of pyridine rings is 1. The number of anilines is 1. The van der Waals surface area contributed by atoms with Crippen molar-refractivity contribution >= 4 is 28.2 Å². The van der Waals surface area contributed by atoms with Crippen LogP contribution in [0.4, 0.5) is 5.82 Å². The summed E-state index contributed by atoms with van der Waals surface area (Å²) in [6.45, 7) is 2.02. The van der Waals surface area contributed by atoms with E-state index in [0.717, 1.165) is 38.4 Å². The lowest BCUT2D eigenvalue weighted by atomic mass is 10.0. The number of hydrogen-bond donors (Lipinski definition) is 1. The van der Waals surface area contributed by atoms with Crippen molar-refractivity contribution in [1.82, 2.24) is 15.2 Å². The van der Waals surface area contributed by atoms with Crippen LogP contribution in [0.25, 0.3) is 22.0 Å². The predicted octanol–water partition coefficient (Wildman–Crippen LogP) is 5.01. The number of aromatic nitrogens is 3. The lowest BCUT2D eigenvalue weighted by Gasteiger charge is -2.16. The van der Waals surface area contributed by atoms with Gasteiger partial charge in [-0.15, -0.1) is 10.2 Å². The molecule has 3 aromatic rings. The van der Waals surface area contributed by atoms with E-state index in [1.807, 2.05) is 25.1 Å². The van der Waals surface area contributed by atoms with E-state index in [1.165, 1.54) is 25.7 Å². The molecule has 0 spiro atoms. The first-order valence-electron chi connectivity index (χ1n) is 8.36. The number of rotatable bonds is 3. The second-order valence-electron chi connectivity index (χ2n) is 6.41. The molecule has 0 bridgehead atoms. The van der Waals surface area contributed by atoms with Gasteiger partial charge in [0.2, 0.25) is 0 Å². The zero-order chi connectivity index (χ0) is 16.5. The molecule has 122 valence electrons. The Morgan fingerprint density at radius 3 is 2.54 bits per heavy atom. The summed E-state index contributed by atoms with van der Waals surface area (Å²) in [5.74, 6) is 0.856. The van der Waals surface area contributed by atoms with Gasteiger partial charge in [-0.3, -0.25) is 4.98 Å². The minimum absolute atomic E-state index is 0.491. The number of nitrogens with one attached hydrogen (secondary N) is 1. The molecule has 0 atom stereocenters. The van der Waals surface area contributed by atoms with Gasteiger partial charge in [-0.25, -0.2) is 0 Å². The van der Waals surface area contributed by atoms with Gasteiger partial charge in [0.05, 0.1) is 0 Å². The van der Waals surface area contributed by atoms with Gasteiger partial charge in [0, 0.05) is 39.8 Å². The molecule has 1 aromatic carbocycles. The summed E-state index contributed by atoms with van der Waals surface area (Å²) in [7, 11) is 0. The Balaban J connectivity index is 1.88. The number of fused-ring (bicyclic) bond motifs is 1. The lowest BCUT2D eigenvalue weighted by Crippen LogP contribution is -2.16. The molecular formula is C19H19ClN4. The van der Waals surface area contributed by atoms with Crippen molar-refractivity contribution in [2.24, 2.45) is 0 Å². The summed E-state index contributed by atoms with van der Waals surface area (Å²) in [6, 6.07) is 8.48. The summed E-state index contributed by atoms with van der Waals surface area (Å²) in [4.78, 5) is 4.08. The molecule has 5 heteroatoms. The van der Waals surface area contributed by atoms with E-state index in [2.05, 4.69) is 26.6 Å². The molecule has 1 N–H and O–H groups in total. The number of aryl methyl sites for hydroxylation is 1. The molecule has 0 unspecified atom stereocenters. The van der Waals surface area contributed by atoms with E-state index >= 15 is 0 Å². The van der Waals surface area contributed by atoms with E-state index in [4.69, 9.17) is 11.6 Å². The summed E-state index contributed by atoms with van der Waals surface area (Å²) in [5, 5.41) is 15.4. The van der Waals surface area contributed by atoms with Gasteiger partial charge in [-0.05, 0) is 49.6 Å². The van der Waals surface area contributed by atoms with Crippen molar-refractivity contribution in [3.05, 3.63) is 47.2 Å². The van der Waals surface area contributed by atoms with Crippen molar-refractivity contribution in [1.29, 1.82) is 0 Å². The summed E-state index contributed by atoms with van der Waals surface area (Å²) in [6.07, 6.45) is 8.49. The normalized spacial score (nSPS) is 15.1. The average molecular weight is 339 g/mol. The van der Waals surface area contributed by atoms with Crippen LogP contribution < -0.4 is 5.32 Å². The maximum atomic E-state index is 6.39. The van der Waals surface area contributed by atoms with Crippen LogP contribution in [0, 0.1) is 6.92 Å². The number of hydrogen-bond acceptors (Lipinski definition) is 4. The van der Waals surface area contributed by atoms with Crippen LogP contribution in [0.3, 0.4) is 0 Å². The van der Waals surface area contributed by atoms with Crippen LogP contribution in [-0.4, -0.2) is 21.2 Å². The van der Waals surface area contributed by atoms with Crippen molar-refractivity contribution in [2.45, 2.75) is 38.6 Å². The van der Waals surface area contributed by atoms with Crippen LogP contribution >= 0.6 is 11.6 Å². The fourth-order valence-electron chi connectivity index (χ4n) is 3.37. The number of benzene rings is 1. The van der Waals surface area contributed by atoms with Crippen molar-refractivity contribution in [3.8, 4) is 11.3 Å². The smallest absolute Gasteiger partial charge is 0.156 e. The van der Waals surface area contributed by atoms with E-state index in [-0.39, 0.29) is 0 Å². The lowest BCUT2D eigenvalue weighted by molar-refractivity contribution is 0.748. The Morgan fingerprint density at radius 2 is 1.79 bits per heavy atom. The number of nitrogens with zero attached hydrogens (tertiary/aromatic N) is 3. The van der Waals surface area contributed by atoms with Crippen LogP contribution in [0.2, 0.25) is 5.02 Å². The van der Waals surface area contributed by atoms with Gasteiger partial charge in [-0.1, -0.05) is 24.4 Å². The van der Waals surface area contributed by atoms with Gasteiger partial charge < -0.3 is 5.32 Å². The second-order valence-corrected chi connectivity index (χ2v) is 6.81. The monoisotopic (exact) mass is 338 g/mol. The van der Waals surface area contributed by atoms with Gasteiger partial charge in [0.25, 0.3) is 0 Å². The highest BCUT2D eigenvalue weighted by Gasteiger charge is 2.18. The molecule has 1 saturated carbocycles. The molecule has 4 rings (SSSR count). The van der Waals surface area contributed by atoms with Crippen LogP contribution in [0.5, 0.6) is 0 Å². The van der Waals surface area contributed by atoms with Crippen molar-refractivity contribution in [3.63, 3.8) is 0 Å². The van der Waals surface area contributed by atoms with E-state index < -0.39 is 0 Å². The molecule has 0 saturated heterocycles. The topological polar surface area (TPSA) is 50.7 Å². The molecule has 0 radical (unpaired) electrons. The molecule has 4 nitrogen and oxygen atoms in total. The summed E-state index contributed by atoms with van der Waals surface area (Å²) < 4.78 is 0. The zero-order valence-electron chi connectivity index (χ0n) is 13.6. The first-order valence-corrected chi connectivity index (χ1v) is 8.73. The Morgan fingerprint density at radius 1 is 1.04 bits per heavy atom. The van der Waals surface area contributed by atoms with E-state index in [1.54, 1.807) is 12.4 Å². The maximum absolute atomic E-state index is 6.39. The van der Waals surface area contributed by atoms with Gasteiger partial charge >= 0.3 is 0 Å². The molecule has 24 heavy (non-hydrogen) atoms. The third kappa shape index (κ3) is 2.82. The fraction of sp³-hybridized carbons (Fsp3) is 0.316. The molecule has 2 heterocycles. The van der Waals surface area contributed by atoms with E-state index in [0.29, 0.717) is 6.04 Å². The van der Waals surface area contributed by atoms with Crippen LogP contribution in [-0.2, 0) is 0 Å². The Labute approximate surface area is 146 Å². The van der Waals surface area contributed by atoms with Gasteiger partial charge in [-0.2, -0.15) is 0 Å². The molecule has 1 aliphatic carbocycles. The quantitative estimate of drug-likeness (QED) is 0.729. The minimum atomic E-state index is 0.491. The molecule has 2 aromatic heterocycles. The largest absolute Gasteiger partial charge is 0.365 e. The molecular weight excluding hydrogens is 320 g/mol. The number of halogens is 1. The first-order chi connectivity index (χ1) is 11.7. The van der Waals surface area contributed by atoms with Gasteiger partial charge in [0.15, 0.2) is 5.82 Å². The SMILES string of the molecule is Cc1cc2c(NC3CCCC3)nnc(-c3ccncc3)c2cc1Cl. The fourth-order valence-corrected chi connectivity index (χ4v) is 3.54. The third-order valence-electron chi connectivity index (χ3n) is 4.71. The standard InChI is InChI=1S/C19H19ClN4/c1-12-10-16-15(11-17(12)20)18(13-6-8-21-9-7-13)23-24-19(16)22-14-4-2-3-5-14/h6-11,14H,2-5H2,1H3,(H,22,24). The highest BCUT2D eigenvalue weighted by Crippen LogP contribution is 2.34. The summed E-state index contributed by atoms with van der Waals surface area (Å²) >= 11 is 6.39. The van der Waals surface area contributed by atoms with E-state index in [9.17, 15) is 0 Å². The molecule has 0 aliphatic heterocycles. The van der Waals surface area contributed by atoms with Gasteiger partial charge in [0.1, 0.15) is 5.69 Å². The third-order valence-corrected chi connectivity index (χ3v) is 5.12. The molecule has 1 fully saturated rings. The van der Waals surface area contributed by atoms with Crippen LogP contribution in [0.1, 0.15) is 31.2 Å². The highest BCUT2D eigenvalue weighted by atomic mass is 35.5. The Hall–Kier alpha value is -2.20. The highest BCUT2D eigenvalue weighted by molar-refractivity contribution is 6.32. The van der Waals surface area contributed by atoms with Crippen LogP contribution in [0.15, 0.2) is 36.7 Å². The predicted molar refractivity (Wildman–Crippen MR) is 98.4 cm³/mol.